The number of benzene rings is 2. The van der Waals surface area contributed by atoms with Gasteiger partial charge >= 0.3 is 18.4 Å². The zero-order valence-electron chi connectivity index (χ0n) is 20.8. The first-order chi connectivity index (χ1) is 18.8. The lowest BCUT2D eigenvalue weighted by Crippen LogP contribution is -2.38. The normalized spacial score (nSPS) is 14.9. The van der Waals surface area contributed by atoms with Gasteiger partial charge in [-0.1, -0.05) is 24.3 Å². The standard InChI is InChI=1S/C26H24F7N3O4/c27-20-5-4-15(13-34-24(39)25(28,29)30)12-18(20)16-6-8-35(9-7-16)23(38)19-14-36(10-11-37)22-17(19)2-1-3-21(22)40-26(31,32)33/h1-5,12,14,16,37H,6-11,13H2,(H,34,39). The third kappa shape index (κ3) is 6.49. The molecule has 0 spiro atoms. The summed E-state index contributed by atoms with van der Waals surface area (Å²) < 4.78 is 96.3. The highest BCUT2D eigenvalue weighted by molar-refractivity contribution is 6.08. The highest BCUT2D eigenvalue weighted by Gasteiger charge is 2.38. The lowest BCUT2D eigenvalue weighted by Gasteiger charge is -2.32. The maximum Gasteiger partial charge on any atom is 0.573 e. The number of halogens is 7. The summed E-state index contributed by atoms with van der Waals surface area (Å²) in [5, 5.41) is 11.3. The zero-order valence-corrected chi connectivity index (χ0v) is 20.8. The van der Waals surface area contributed by atoms with Crippen LogP contribution in [0, 0.1) is 5.82 Å². The molecule has 1 saturated heterocycles. The molecule has 7 nitrogen and oxygen atoms in total. The minimum atomic E-state index is -5.04. The Balaban J connectivity index is 1.50. The van der Waals surface area contributed by atoms with Gasteiger partial charge < -0.3 is 24.6 Å². The molecular weight excluding hydrogens is 551 g/mol. The van der Waals surface area contributed by atoms with E-state index in [0.717, 1.165) is 12.1 Å². The summed E-state index contributed by atoms with van der Waals surface area (Å²) in [6.45, 7) is -0.551. The average molecular weight is 575 g/mol. The summed E-state index contributed by atoms with van der Waals surface area (Å²) in [4.78, 5) is 26.0. The fourth-order valence-corrected chi connectivity index (χ4v) is 4.85. The fraction of sp³-hybridized carbons (Fsp3) is 0.385. The van der Waals surface area contributed by atoms with E-state index in [-0.39, 0.29) is 53.1 Å². The van der Waals surface area contributed by atoms with Crippen LogP contribution in [0.4, 0.5) is 30.7 Å². The van der Waals surface area contributed by atoms with Crippen LogP contribution in [0.15, 0.2) is 42.6 Å². The number of aromatic nitrogens is 1. The number of aliphatic hydroxyl groups excluding tert-OH is 1. The van der Waals surface area contributed by atoms with Gasteiger partial charge in [-0.3, -0.25) is 9.59 Å². The van der Waals surface area contributed by atoms with Crippen LogP contribution in [0.3, 0.4) is 0 Å². The number of fused-ring (bicyclic) bond motifs is 1. The second-order valence-corrected chi connectivity index (χ2v) is 9.26. The van der Waals surface area contributed by atoms with Crippen molar-refractivity contribution >= 4 is 22.7 Å². The number of nitrogens with one attached hydrogen (secondary N) is 1. The van der Waals surface area contributed by atoms with Crippen LogP contribution in [0.2, 0.25) is 0 Å². The van der Waals surface area contributed by atoms with Gasteiger partial charge in [0, 0.05) is 37.8 Å². The van der Waals surface area contributed by atoms with Crippen LogP contribution in [0.25, 0.3) is 10.9 Å². The first kappa shape index (κ1) is 29.2. The number of piperidine rings is 1. The van der Waals surface area contributed by atoms with Crippen LogP contribution < -0.4 is 10.1 Å². The quantitative estimate of drug-likeness (QED) is 0.394. The van der Waals surface area contributed by atoms with E-state index in [1.165, 1.54) is 39.9 Å². The number of aliphatic hydroxyl groups is 1. The lowest BCUT2D eigenvalue weighted by molar-refractivity contribution is -0.274. The maximum atomic E-state index is 14.6. The van der Waals surface area contributed by atoms with E-state index in [4.69, 9.17) is 0 Å². The Kier molecular flexibility index (Phi) is 8.28. The van der Waals surface area contributed by atoms with Gasteiger partial charge in [-0.2, -0.15) is 13.2 Å². The summed E-state index contributed by atoms with van der Waals surface area (Å²) in [6, 6.07) is 7.68. The Bertz CT molecular complexity index is 1390. The molecule has 1 aliphatic rings. The SMILES string of the molecule is O=C(c1cn(CCO)c2c(OC(F)(F)F)cccc12)N1CCC(c2cc(CNC(=O)C(F)(F)F)ccc2F)CC1. The largest absolute Gasteiger partial charge is 0.573 e. The number of alkyl halides is 6. The van der Waals surface area contributed by atoms with Crippen LogP contribution in [-0.2, 0) is 17.9 Å². The molecule has 40 heavy (non-hydrogen) atoms. The zero-order chi connectivity index (χ0) is 29.2. The monoisotopic (exact) mass is 575 g/mol. The van der Waals surface area contributed by atoms with E-state index in [9.17, 15) is 45.4 Å². The molecule has 216 valence electrons. The third-order valence-corrected chi connectivity index (χ3v) is 6.65. The number of carbonyl (C=O) groups is 2. The maximum absolute atomic E-state index is 14.6. The first-order valence-corrected chi connectivity index (χ1v) is 12.2. The molecular formula is C26H24F7N3O4. The molecule has 2 aromatic carbocycles. The van der Waals surface area contributed by atoms with Crippen molar-refractivity contribution in [2.24, 2.45) is 0 Å². The highest BCUT2D eigenvalue weighted by Crippen LogP contribution is 2.36. The van der Waals surface area contributed by atoms with Crippen LogP contribution in [-0.4, -0.2) is 58.6 Å². The molecule has 1 aliphatic heterocycles. The minimum Gasteiger partial charge on any atom is -0.404 e. The van der Waals surface area contributed by atoms with Gasteiger partial charge in [0.1, 0.15) is 5.82 Å². The van der Waals surface area contributed by atoms with Gasteiger partial charge in [0.05, 0.1) is 17.7 Å². The van der Waals surface area contributed by atoms with E-state index < -0.39 is 49.1 Å². The molecule has 0 aliphatic carbocycles. The van der Waals surface area contributed by atoms with E-state index in [2.05, 4.69) is 4.74 Å². The summed E-state index contributed by atoms with van der Waals surface area (Å²) >= 11 is 0. The number of carbonyl (C=O) groups excluding carboxylic acids is 2. The Morgan fingerprint density at radius 1 is 1.05 bits per heavy atom. The Morgan fingerprint density at radius 2 is 1.75 bits per heavy atom. The summed E-state index contributed by atoms with van der Waals surface area (Å²) in [7, 11) is 0. The second-order valence-electron chi connectivity index (χ2n) is 9.26. The average Bonchev–Trinajstić information content (AvgIpc) is 3.26. The Morgan fingerprint density at radius 3 is 2.38 bits per heavy atom. The van der Waals surface area contributed by atoms with Crippen LogP contribution in [0.5, 0.6) is 5.75 Å². The van der Waals surface area contributed by atoms with Crippen molar-refractivity contribution in [2.45, 2.75) is 44.4 Å². The van der Waals surface area contributed by atoms with Gasteiger partial charge in [0.15, 0.2) is 5.75 Å². The molecule has 0 radical (unpaired) electrons. The number of ether oxygens (including phenoxy) is 1. The van der Waals surface area contributed by atoms with E-state index in [1.54, 1.807) is 5.32 Å². The number of likely N-dealkylation sites (tertiary alicyclic amines) is 1. The molecule has 0 atom stereocenters. The van der Waals surface area contributed by atoms with Crippen molar-refractivity contribution < 1.29 is 50.2 Å². The number of hydrogen-bond donors (Lipinski definition) is 2. The number of hydrogen-bond acceptors (Lipinski definition) is 4. The molecule has 1 aromatic heterocycles. The predicted molar refractivity (Wildman–Crippen MR) is 128 cm³/mol. The van der Waals surface area contributed by atoms with Gasteiger partial charge in [0.25, 0.3) is 5.91 Å². The number of nitrogens with zero attached hydrogens (tertiary/aromatic N) is 2. The van der Waals surface area contributed by atoms with Crippen molar-refractivity contribution in [1.29, 1.82) is 0 Å². The van der Waals surface area contributed by atoms with Crippen LogP contribution in [0.1, 0.15) is 40.2 Å². The molecule has 2 heterocycles. The van der Waals surface area contributed by atoms with Crippen molar-refractivity contribution in [3.63, 3.8) is 0 Å². The predicted octanol–water partition coefficient (Wildman–Crippen LogP) is 4.87. The molecule has 0 bridgehead atoms. The van der Waals surface area contributed by atoms with Crippen molar-refractivity contribution in [3.8, 4) is 5.75 Å². The summed E-state index contributed by atoms with van der Waals surface area (Å²) in [6.07, 6.45) is -8.01. The summed E-state index contributed by atoms with van der Waals surface area (Å²) in [5.74, 6) is -4.02. The smallest absolute Gasteiger partial charge is 0.404 e. The second kappa shape index (κ2) is 11.4. The van der Waals surface area contributed by atoms with Crippen LogP contribution >= 0.6 is 0 Å². The molecule has 2 amide bonds. The topological polar surface area (TPSA) is 83.8 Å². The Labute approximate surface area is 223 Å². The van der Waals surface area contributed by atoms with E-state index >= 15 is 0 Å². The van der Waals surface area contributed by atoms with Gasteiger partial charge in [-0.05, 0) is 42.0 Å². The van der Waals surface area contributed by atoms with Crippen molar-refractivity contribution in [1.82, 2.24) is 14.8 Å². The Hall–Kier alpha value is -3.81. The molecule has 0 saturated carbocycles. The molecule has 4 rings (SSSR count). The first-order valence-electron chi connectivity index (χ1n) is 12.2. The number of rotatable bonds is 7. The highest BCUT2D eigenvalue weighted by atomic mass is 19.4. The van der Waals surface area contributed by atoms with Gasteiger partial charge in [-0.15, -0.1) is 13.2 Å². The van der Waals surface area contributed by atoms with Crippen molar-refractivity contribution in [2.75, 3.05) is 19.7 Å². The number of amides is 2. The number of para-hydroxylation sites is 1. The van der Waals surface area contributed by atoms with Crippen molar-refractivity contribution in [3.05, 3.63) is 65.1 Å². The lowest BCUT2D eigenvalue weighted by atomic mass is 9.88. The molecule has 1 fully saturated rings. The van der Waals surface area contributed by atoms with Gasteiger partial charge in [0.2, 0.25) is 0 Å². The molecule has 14 heteroatoms. The minimum absolute atomic E-state index is 0.00334. The van der Waals surface area contributed by atoms with E-state index in [1.807, 2.05) is 0 Å². The fourth-order valence-electron chi connectivity index (χ4n) is 4.85. The summed E-state index contributed by atoms with van der Waals surface area (Å²) in [5.41, 5.74) is 0.646. The molecule has 0 unspecified atom stereocenters. The third-order valence-electron chi connectivity index (χ3n) is 6.65. The van der Waals surface area contributed by atoms with Gasteiger partial charge in [-0.25, -0.2) is 4.39 Å². The molecule has 3 aromatic rings. The molecule has 2 N–H and O–H groups in total. The van der Waals surface area contributed by atoms with E-state index in [0.29, 0.717) is 12.8 Å².